The molecule has 0 aromatic heterocycles. The summed E-state index contributed by atoms with van der Waals surface area (Å²) in [6.07, 6.45) is 0. The summed E-state index contributed by atoms with van der Waals surface area (Å²) in [6, 6.07) is 0. The minimum absolute atomic E-state index is 0.0288. The Morgan fingerprint density at radius 1 is 1.29 bits per heavy atom. The summed E-state index contributed by atoms with van der Waals surface area (Å²) in [4.78, 5) is 0. The van der Waals surface area contributed by atoms with Crippen LogP contribution in [0.4, 0.5) is 0 Å². The van der Waals surface area contributed by atoms with Gasteiger partial charge in [-0.05, 0) is 11.8 Å². The van der Waals surface area contributed by atoms with Crippen LogP contribution in [0.1, 0.15) is 20.8 Å². The van der Waals surface area contributed by atoms with Gasteiger partial charge in [0.25, 0.3) is 0 Å². The number of alkyl halides is 1. The van der Waals surface area contributed by atoms with E-state index in [1.165, 1.54) is 4.31 Å². The number of ether oxygens (including phenoxy) is 1. The number of hydrogen-bond donors (Lipinski definition) is 0. The van der Waals surface area contributed by atoms with Gasteiger partial charge in [-0.25, -0.2) is 8.42 Å². The van der Waals surface area contributed by atoms with Gasteiger partial charge in [-0.2, -0.15) is 4.31 Å². The van der Waals surface area contributed by atoms with Crippen LogP contribution in [-0.2, 0) is 14.8 Å². The topological polar surface area (TPSA) is 46.6 Å². The number of nitrogens with zero attached hydrogens (tertiary/aromatic N) is 1. The molecule has 0 amide bonds. The van der Waals surface area contributed by atoms with Gasteiger partial charge in [0, 0.05) is 26.1 Å². The molecule has 0 fully saturated rings. The Kier molecular flexibility index (Phi) is 8.37. The summed E-state index contributed by atoms with van der Waals surface area (Å²) in [5.74, 6) is 0.734. The highest BCUT2D eigenvalue weighted by Crippen LogP contribution is 2.11. The number of halogens is 1. The molecule has 0 aromatic rings. The van der Waals surface area contributed by atoms with Gasteiger partial charge in [-0.3, -0.25) is 0 Å². The lowest BCUT2D eigenvalue weighted by molar-refractivity contribution is 0.175. The van der Waals surface area contributed by atoms with Crippen molar-refractivity contribution in [2.45, 2.75) is 20.8 Å². The zero-order valence-corrected chi connectivity index (χ0v) is 12.7. The third-order valence-electron chi connectivity index (χ3n) is 2.27. The maximum absolute atomic E-state index is 12.2. The van der Waals surface area contributed by atoms with E-state index in [1.807, 2.05) is 20.8 Å². The van der Waals surface area contributed by atoms with Crippen LogP contribution < -0.4 is 0 Å². The van der Waals surface area contributed by atoms with E-state index in [4.69, 9.17) is 16.3 Å². The second-order valence-corrected chi connectivity index (χ2v) is 7.10. The van der Waals surface area contributed by atoms with Crippen molar-refractivity contribution < 1.29 is 13.2 Å². The summed E-state index contributed by atoms with van der Waals surface area (Å²) in [7, 11) is -1.66. The van der Waals surface area contributed by atoms with Crippen LogP contribution in [0, 0.1) is 11.8 Å². The highest BCUT2D eigenvalue weighted by Gasteiger charge is 2.24. The number of hydrogen-bond acceptors (Lipinski definition) is 3. The SMILES string of the molecule is COCCN(CC(C)C)S(=O)(=O)CC(C)CCl. The van der Waals surface area contributed by atoms with E-state index in [1.54, 1.807) is 7.11 Å². The molecule has 0 radical (unpaired) electrons. The standard InChI is InChI=1S/C11H24ClNO3S/c1-10(2)8-13(5-6-16-4)17(14,15)9-11(3)7-12/h10-11H,5-9H2,1-4H3. The molecule has 0 saturated heterocycles. The zero-order valence-electron chi connectivity index (χ0n) is 11.1. The zero-order chi connectivity index (χ0) is 13.5. The largest absolute Gasteiger partial charge is 0.383 e. The summed E-state index contributed by atoms with van der Waals surface area (Å²) >= 11 is 5.67. The second-order valence-electron chi connectivity index (χ2n) is 4.78. The van der Waals surface area contributed by atoms with E-state index in [-0.39, 0.29) is 11.7 Å². The lowest BCUT2D eigenvalue weighted by atomic mass is 10.2. The minimum Gasteiger partial charge on any atom is -0.383 e. The normalized spacial score (nSPS) is 14.5. The van der Waals surface area contributed by atoms with Crippen molar-refractivity contribution in [1.29, 1.82) is 0 Å². The van der Waals surface area contributed by atoms with Gasteiger partial charge >= 0.3 is 0 Å². The second kappa shape index (κ2) is 8.29. The fourth-order valence-electron chi connectivity index (χ4n) is 1.45. The monoisotopic (exact) mass is 285 g/mol. The lowest BCUT2D eigenvalue weighted by Gasteiger charge is -2.24. The molecule has 17 heavy (non-hydrogen) atoms. The van der Waals surface area contributed by atoms with Crippen LogP contribution in [-0.4, -0.2) is 51.2 Å². The first-order chi connectivity index (χ1) is 7.83. The summed E-state index contributed by atoms with van der Waals surface area (Å²) in [5, 5.41) is 0. The first kappa shape index (κ1) is 17.2. The smallest absolute Gasteiger partial charge is 0.214 e. The molecule has 0 aliphatic rings. The summed E-state index contributed by atoms with van der Waals surface area (Å²) in [5.41, 5.74) is 0. The molecule has 1 unspecified atom stereocenters. The van der Waals surface area contributed by atoms with Gasteiger partial charge in [0.2, 0.25) is 10.0 Å². The first-order valence-electron chi connectivity index (χ1n) is 5.86. The van der Waals surface area contributed by atoms with Gasteiger partial charge in [0.05, 0.1) is 12.4 Å². The lowest BCUT2D eigenvalue weighted by Crippen LogP contribution is -2.39. The summed E-state index contributed by atoms with van der Waals surface area (Å²) in [6.45, 7) is 7.20. The van der Waals surface area contributed by atoms with E-state index >= 15 is 0 Å². The molecule has 0 bridgehead atoms. The van der Waals surface area contributed by atoms with E-state index < -0.39 is 10.0 Å². The van der Waals surface area contributed by atoms with Gasteiger partial charge < -0.3 is 4.74 Å². The molecule has 0 N–H and O–H groups in total. The Bertz CT molecular complexity index is 293. The Hall–Kier alpha value is 0.160. The number of sulfonamides is 1. The van der Waals surface area contributed by atoms with Gasteiger partial charge in [0.15, 0.2) is 0 Å². The van der Waals surface area contributed by atoms with Crippen molar-refractivity contribution in [2.75, 3.05) is 38.4 Å². The molecule has 0 aliphatic carbocycles. The fourth-order valence-corrected chi connectivity index (χ4v) is 3.62. The molecule has 0 heterocycles. The highest BCUT2D eigenvalue weighted by molar-refractivity contribution is 7.89. The Morgan fingerprint density at radius 3 is 2.29 bits per heavy atom. The maximum Gasteiger partial charge on any atom is 0.214 e. The van der Waals surface area contributed by atoms with Crippen molar-refractivity contribution in [3.8, 4) is 0 Å². The van der Waals surface area contributed by atoms with Crippen LogP contribution in [0.15, 0.2) is 0 Å². The molecular formula is C11H24ClNO3S. The maximum atomic E-state index is 12.2. The molecule has 1 atom stereocenters. The van der Waals surface area contributed by atoms with Gasteiger partial charge in [-0.1, -0.05) is 20.8 Å². The van der Waals surface area contributed by atoms with Crippen LogP contribution in [0.5, 0.6) is 0 Å². The first-order valence-corrected chi connectivity index (χ1v) is 8.00. The van der Waals surface area contributed by atoms with Gasteiger partial charge in [-0.15, -0.1) is 11.6 Å². The van der Waals surface area contributed by atoms with E-state index in [9.17, 15) is 8.42 Å². The average molecular weight is 286 g/mol. The van der Waals surface area contributed by atoms with Crippen molar-refractivity contribution >= 4 is 21.6 Å². The van der Waals surface area contributed by atoms with E-state index in [2.05, 4.69) is 0 Å². The van der Waals surface area contributed by atoms with Crippen molar-refractivity contribution in [3.05, 3.63) is 0 Å². The van der Waals surface area contributed by atoms with Crippen LogP contribution in [0.25, 0.3) is 0 Å². The molecule has 104 valence electrons. The molecule has 0 aliphatic heterocycles. The fraction of sp³-hybridized carbons (Fsp3) is 1.00. The molecule has 0 saturated carbocycles. The third kappa shape index (κ3) is 7.24. The molecule has 4 nitrogen and oxygen atoms in total. The van der Waals surface area contributed by atoms with Crippen LogP contribution in [0.2, 0.25) is 0 Å². The van der Waals surface area contributed by atoms with E-state index in [0.717, 1.165) is 0 Å². The third-order valence-corrected chi connectivity index (χ3v) is 4.90. The Balaban J connectivity index is 4.63. The van der Waals surface area contributed by atoms with Crippen LogP contribution >= 0.6 is 11.6 Å². The molecule has 6 heteroatoms. The number of rotatable bonds is 9. The van der Waals surface area contributed by atoms with E-state index in [0.29, 0.717) is 31.5 Å². The van der Waals surface area contributed by atoms with Crippen molar-refractivity contribution in [2.24, 2.45) is 11.8 Å². The predicted octanol–water partition coefficient (Wildman–Crippen LogP) is 1.80. The Morgan fingerprint density at radius 2 is 1.88 bits per heavy atom. The molecule has 0 rings (SSSR count). The average Bonchev–Trinajstić information content (AvgIpc) is 2.22. The van der Waals surface area contributed by atoms with Crippen molar-refractivity contribution in [3.63, 3.8) is 0 Å². The molecule has 0 spiro atoms. The number of methoxy groups -OCH3 is 1. The quantitative estimate of drug-likeness (QED) is 0.607. The summed E-state index contributed by atoms with van der Waals surface area (Å²) < 4.78 is 30.8. The van der Waals surface area contributed by atoms with Crippen molar-refractivity contribution in [1.82, 2.24) is 4.31 Å². The minimum atomic E-state index is -3.23. The Labute approximate surface area is 110 Å². The van der Waals surface area contributed by atoms with Gasteiger partial charge in [0.1, 0.15) is 0 Å². The molecule has 0 aromatic carbocycles. The predicted molar refractivity (Wildman–Crippen MR) is 72.0 cm³/mol. The highest BCUT2D eigenvalue weighted by atomic mass is 35.5. The van der Waals surface area contributed by atoms with Crippen LogP contribution in [0.3, 0.4) is 0 Å². The molecular weight excluding hydrogens is 262 g/mol.